The smallest absolute Gasteiger partial charge is 0.314 e. The van der Waals surface area contributed by atoms with E-state index in [-0.39, 0.29) is 30.4 Å². The highest BCUT2D eigenvalue weighted by molar-refractivity contribution is 9.10. The third-order valence-corrected chi connectivity index (χ3v) is 3.36. The summed E-state index contributed by atoms with van der Waals surface area (Å²) in [6, 6.07) is 1.44. The van der Waals surface area contributed by atoms with Gasteiger partial charge >= 0.3 is 6.18 Å². The van der Waals surface area contributed by atoms with Gasteiger partial charge in [-0.1, -0.05) is 6.07 Å². The zero-order valence-electron chi connectivity index (χ0n) is 10.4. The topological polar surface area (TPSA) is 28.2 Å². The van der Waals surface area contributed by atoms with E-state index in [4.69, 9.17) is 0 Å². The Labute approximate surface area is 136 Å². The molecule has 0 aliphatic carbocycles. The third-order valence-electron chi connectivity index (χ3n) is 2.89. The van der Waals surface area contributed by atoms with E-state index in [1.807, 2.05) is 0 Å². The highest BCUT2D eigenvalue weighted by Gasteiger charge is 2.44. The highest BCUT2D eigenvalue weighted by Crippen LogP contribution is 2.37. The number of nitrogens with one attached hydrogen (secondary N) is 1. The largest absolute Gasteiger partial charge is 0.408 e. The van der Waals surface area contributed by atoms with Gasteiger partial charge in [-0.3, -0.25) is 4.90 Å². The number of halogens is 6. The van der Waals surface area contributed by atoms with Crippen molar-refractivity contribution in [1.82, 2.24) is 15.2 Å². The number of aromatic nitrogens is 1. The van der Waals surface area contributed by atoms with Gasteiger partial charge in [0, 0.05) is 32.4 Å². The minimum atomic E-state index is -4.28. The zero-order valence-corrected chi connectivity index (χ0v) is 13.6. The van der Waals surface area contributed by atoms with Crippen LogP contribution in [0.15, 0.2) is 22.9 Å². The van der Waals surface area contributed by atoms with E-state index >= 15 is 0 Å². The molecule has 1 aromatic rings. The van der Waals surface area contributed by atoms with Gasteiger partial charge < -0.3 is 5.32 Å². The summed E-state index contributed by atoms with van der Waals surface area (Å²) in [5.74, 6) is 0. The lowest BCUT2D eigenvalue weighted by Gasteiger charge is -2.36. The Kier molecular flexibility index (Phi) is 8.35. The minimum absolute atomic E-state index is 0. The number of piperazine rings is 1. The molecule has 0 amide bonds. The average Bonchev–Trinajstić information content (AvgIpc) is 2.32. The number of rotatable bonds is 2. The predicted octanol–water partition coefficient (Wildman–Crippen LogP) is 3.20. The Morgan fingerprint density at radius 3 is 2.25 bits per heavy atom. The van der Waals surface area contributed by atoms with Crippen molar-refractivity contribution in [3.63, 3.8) is 0 Å². The summed E-state index contributed by atoms with van der Waals surface area (Å²) in [5.41, 5.74) is 0.188. The van der Waals surface area contributed by atoms with Gasteiger partial charge in [0.1, 0.15) is 10.6 Å². The van der Waals surface area contributed by atoms with Crippen molar-refractivity contribution in [2.75, 3.05) is 26.2 Å². The van der Waals surface area contributed by atoms with E-state index in [9.17, 15) is 13.2 Å². The quantitative estimate of drug-likeness (QED) is 0.778. The highest BCUT2D eigenvalue weighted by atomic mass is 79.9. The van der Waals surface area contributed by atoms with Gasteiger partial charge in [0.15, 0.2) is 0 Å². The van der Waals surface area contributed by atoms with E-state index in [1.165, 1.54) is 23.2 Å². The van der Waals surface area contributed by atoms with Gasteiger partial charge in [0.2, 0.25) is 0 Å². The van der Waals surface area contributed by atoms with Gasteiger partial charge in [-0.25, -0.2) is 4.98 Å². The van der Waals surface area contributed by atoms with Crippen LogP contribution in [0.5, 0.6) is 0 Å². The fraction of sp³-hybridized carbons (Fsp3) is 0.545. The standard InChI is InChI=1S/C11H13BrF3N3.2ClH/c12-9-2-1-8(7-17-9)10(11(13,14)15)18-5-3-16-4-6-18;;/h1-2,7,10,16H,3-6H2;2*1H/t10-;;/m0../s1. The van der Waals surface area contributed by atoms with Crippen LogP contribution < -0.4 is 5.32 Å². The molecule has 1 N–H and O–H groups in total. The van der Waals surface area contributed by atoms with E-state index in [1.54, 1.807) is 0 Å². The van der Waals surface area contributed by atoms with Crippen LogP contribution in [0.3, 0.4) is 0 Å². The Morgan fingerprint density at radius 2 is 1.80 bits per heavy atom. The molecule has 0 radical (unpaired) electrons. The second-order valence-electron chi connectivity index (χ2n) is 4.14. The first-order valence-electron chi connectivity index (χ1n) is 5.61. The molecule has 3 nitrogen and oxygen atoms in total. The zero-order chi connectivity index (χ0) is 13.2. The van der Waals surface area contributed by atoms with Crippen molar-refractivity contribution < 1.29 is 13.2 Å². The molecule has 0 saturated carbocycles. The molecule has 1 fully saturated rings. The predicted molar refractivity (Wildman–Crippen MR) is 79.7 cm³/mol. The SMILES string of the molecule is Cl.Cl.FC(F)(F)[C@H](c1ccc(Br)nc1)N1CCNCC1. The molecule has 20 heavy (non-hydrogen) atoms. The molecule has 1 aliphatic rings. The first kappa shape index (κ1) is 19.9. The van der Waals surface area contributed by atoms with Crippen molar-refractivity contribution in [2.24, 2.45) is 0 Å². The second-order valence-corrected chi connectivity index (χ2v) is 4.96. The van der Waals surface area contributed by atoms with Gasteiger partial charge in [-0.2, -0.15) is 13.2 Å². The lowest BCUT2D eigenvalue weighted by molar-refractivity contribution is -0.188. The number of alkyl halides is 3. The van der Waals surface area contributed by atoms with E-state index in [0.29, 0.717) is 30.8 Å². The van der Waals surface area contributed by atoms with E-state index < -0.39 is 12.2 Å². The second kappa shape index (κ2) is 8.38. The fourth-order valence-electron chi connectivity index (χ4n) is 2.10. The number of nitrogens with zero attached hydrogens (tertiary/aromatic N) is 2. The normalized spacial score (nSPS) is 17.8. The molecule has 1 aliphatic heterocycles. The molecule has 2 rings (SSSR count). The Morgan fingerprint density at radius 1 is 1.20 bits per heavy atom. The van der Waals surface area contributed by atoms with E-state index in [2.05, 4.69) is 26.2 Å². The van der Waals surface area contributed by atoms with Crippen molar-refractivity contribution in [3.8, 4) is 0 Å². The van der Waals surface area contributed by atoms with Gasteiger partial charge in [-0.15, -0.1) is 24.8 Å². The van der Waals surface area contributed by atoms with Crippen LogP contribution in [0.4, 0.5) is 13.2 Å². The molecular weight excluding hydrogens is 382 g/mol. The lowest BCUT2D eigenvalue weighted by atomic mass is 10.1. The van der Waals surface area contributed by atoms with Crippen LogP contribution in [-0.2, 0) is 0 Å². The molecule has 0 bridgehead atoms. The number of hydrogen-bond donors (Lipinski definition) is 1. The summed E-state index contributed by atoms with van der Waals surface area (Å²) in [5, 5.41) is 3.05. The molecular formula is C11H15BrCl2F3N3. The number of hydrogen-bond acceptors (Lipinski definition) is 3. The van der Waals surface area contributed by atoms with Crippen molar-refractivity contribution in [1.29, 1.82) is 0 Å². The summed E-state index contributed by atoms with van der Waals surface area (Å²) < 4.78 is 40.1. The summed E-state index contributed by atoms with van der Waals surface area (Å²) in [6.07, 6.45) is -3.00. The van der Waals surface area contributed by atoms with Gasteiger partial charge in [0.05, 0.1) is 0 Å². The number of pyridine rings is 1. The summed E-state index contributed by atoms with van der Waals surface area (Å²) in [6.45, 7) is 1.94. The van der Waals surface area contributed by atoms with Crippen molar-refractivity contribution in [3.05, 3.63) is 28.5 Å². The van der Waals surface area contributed by atoms with Crippen LogP contribution in [0.25, 0.3) is 0 Å². The Balaban J connectivity index is 0.00000180. The maximum Gasteiger partial charge on any atom is 0.408 e. The van der Waals surface area contributed by atoms with Crippen LogP contribution in [0.1, 0.15) is 11.6 Å². The van der Waals surface area contributed by atoms with Crippen LogP contribution in [-0.4, -0.2) is 42.2 Å². The fourth-order valence-corrected chi connectivity index (χ4v) is 2.33. The first-order valence-corrected chi connectivity index (χ1v) is 6.41. The summed E-state index contributed by atoms with van der Waals surface area (Å²) in [7, 11) is 0. The average molecular weight is 397 g/mol. The molecule has 0 spiro atoms. The van der Waals surface area contributed by atoms with Crippen LogP contribution in [0.2, 0.25) is 0 Å². The molecule has 116 valence electrons. The van der Waals surface area contributed by atoms with Crippen molar-refractivity contribution >= 4 is 40.7 Å². The van der Waals surface area contributed by atoms with Crippen molar-refractivity contribution in [2.45, 2.75) is 12.2 Å². The Hall–Kier alpha value is -0.0800. The van der Waals surface area contributed by atoms with E-state index in [0.717, 1.165) is 0 Å². The summed E-state index contributed by atoms with van der Waals surface area (Å²) in [4.78, 5) is 5.33. The van der Waals surface area contributed by atoms with Gasteiger partial charge in [-0.05, 0) is 27.6 Å². The molecule has 2 heterocycles. The maximum absolute atomic E-state index is 13.2. The third kappa shape index (κ3) is 5.04. The molecule has 9 heteroatoms. The molecule has 0 unspecified atom stereocenters. The van der Waals surface area contributed by atoms with Crippen LogP contribution >= 0.6 is 40.7 Å². The lowest BCUT2D eigenvalue weighted by Crippen LogP contribution is -2.49. The molecule has 1 aromatic heterocycles. The molecule has 0 aromatic carbocycles. The first-order chi connectivity index (χ1) is 8.48. The molecule has 1 saturated heterocycles. The summed E-state index contributed by atoms with van der Waals surface area (Å²) >= 11 is 3.13. The van der Waals surface area contributed by atoms with Gasteiger partial charge in [0.25, 0.3) is 0 Å². The minimum Gasteiger partial charge on any atom is -0.314 e. The van der Waals surface area contributed by atoms with Crippen LogP contribution in [0, 0.1) is 0 Å². The maximum atomic E-state index is 13.2. The monoisotopic (exact) mass is 395 g/mol. The Bertz CT molecular complexity index is 397. The molecule has 1 atom stereocenters.